The quantitative estimate of drug-likeness (QED) is 0.761. The molecule has 1 aliphatic heterocycles. The SMILES string of the molecule is O=S1(=O)CCC(Nc2nccc(-n3nnc4ccccc43)n2)CC1. The summed E-state index contributed by atoms with van der Waals surface area (Å²) in [7, 11) is -2.88. The summed E-state index contributed by atoms with van der Waals surface area (Å²) >= 11 is 0. The van der Waals surface area contributed by atoms with Crippen LogP contribution in [0.2, 0.25) is 0 Å². The van der Waals surface area contributed by atoms with E-state index in [2.05, 4.69) is 25.6 Å². The second-order valence-corrected chi connectivity index (χ2v) is 8.10. The lowest BCUT2D eigenvalue weighted by molar-refractivity contribution is 0.558. The van der Waals surface area contributed by atoms with Crippen LogP contribution in [-0.4, -0.2) is 50.9 Å². The zero-order chi connectivity index (χ0) is 16.6. The van der Waals surface area contributed by atoms with Gasteiger partial charge < -0.3 is 5.32 Å². The molecule has 8 nitrogen and oxygen atoms in total. The van der Waals surface area contributed by atoms with Gasteiger partial charge in [-0.05, 0) is 25.0 Å². The fourth-order valence-corrected chi connectivity index (χ4v) is 4.28. The maximum Gasteiger partial charge on any atom is 0.224 e. The lowest BCUT2D eigenvalue weighted by Gasteiger charge is -2.22. The van der Waals surface area contributed by atoms with Crippen molar-refractivity contribution < 1.29 is 8.42 Å². The van der Waals surface area contributed by atoms with Crippen LogP contribution >= 0.6 is 0 Å². The summed E-state index contributed by atoms with van der Waals surface area (Å²) < 4.78 is 24.7. The van der Waals surface area contributed by atoms with Crippen LogP contribution in [0.5, 0.6) is 0 Å². The van der Waals surface area contributed by atoms with Crippen LogP contribution in [0.4, 0.5) is 5.95 Å². The molecule has 0 saturated carbocycles. The molecular formula is C15H16N6O2S. The number of anilines is 1. The zero-order valence-electron chi connectivity index (χ0n) is 12.8. The van der Waals surface area contributed by atoms with Crippen molar-refractivity contribution in [3.8, 4) is 5.82 Å². The Balaban J connectivity index is 1.58. The first-order chi connectivity index (χ1) is 11.6. The van der Waals surface area contributed by atoms with E-state index in [0.29, 0.717) is 24.6 Å². The number of benzene rings is 1. The third-order valence-corrected chi connectivity index (χ3v) is 5.81. The number of hydrogen-bond acceptors (Lipinski definition) is 7. The molecule has 3 aromatic rings. The molecule has 1 aliphatic rings. The lowest BCUT2D eigenvalue weighted by Crippen LogP contribution is -2.32. The summed E-state index contributed by atoms with van der Waals surface area (Å²) in [5.74, 6) is 1.50. The standard InChI is InChI=1S/C15H16N6O2S/c22-24(23)9-6-11(7-10-24)17-15-16-8-5-14(18-15)21-13-4-2-1-3-12(13)19-20-21/h1-5,8,11H,6-7,9-10H2,(H,16,17,18). The average Bonchev–Trinajstić information content (AvgIpc) is 3.01. The molecule has 24 heavy (non-hydrogen) atoms. The molecule has 0 aliphatic carbocycles. The summed E-state index contributed by atoms with van der Waals surface area (Å²) in [6.07, 6.45) is 2.80. The van der Waals surface area contributed by atoms with E-state index in [1.54, 1.807) is 16.9 Å². The molecule has 3 heterocycles. The Morgan fingerprint density at radius 1 is 1.12 bits per heavy atom. The Morgan fingerprint density at radius 2 is 1.92 bits per heavy atom. The number of aromatic nitrogens is 5. The minimum absolute atomic E-state index is 0.0660. The lowest BCUT2D eigenvalue weighted by atomic mass is 10.2. The van der Waals surface area contributed by atoms with Crippen LogP contribution in [-0.2, 0) is 9.84 Å². The normalized spacial score (nSPS) is 17.8. The number of sulfone groups is 1. The summed E-state index contributed by atoms with van der Waals surface area (Å²) in [6.45, 7) is 0. The van der Waals surface area contributed by atoms with Gasteiger partial charge in [-0.1, -0.05) is 17.3 Å². The van der Waals surface area contributed by atoms with Crippen molar-refractivity contribution in [3.05, 3.63) is 36.5 Å². The largest absolute Gasteiger partial charge is 0.351 e. The molecule has 4 rings (SSSR count). The number of nitrogens with zero attached hydrogens (tertiary/aromatic N) is 5. The van der Waals surface area contributed by atoms with Gasteiger partial charge in [0.05, 0.1) is 17.0 Å². The summed E-state index contributed by atoms with van der Waals surface area (Å²) in [5.41, 5.74) is 1.66. The van der Waals surface area contributed by atoms with Crippen molar-refractivity contribution in [3.63, 3.8) is 0 Å². The molecular weight excluding hydrogens is 328 g/mol. The van der Waals surface area contributed by atoms with Gasteiger partial charge in [-0.2, -0.15) is 9.67 Å². The molecule has 0 spiro atoms. The highest BCUT2D eigenvalue weighted by Crippen LogP contribution is 2.18. The molecule has 0 atom stereocenters. The highest BCUT2D eigenvalue weighted by molar-refractivity contribution is 7.91. The zero-order valence-corrected chi connectivity index (χ0v) is 13.6. The predicted molar refractivity (Wildman–Crippen MR) is 89.8 cm³/mol. The fourth-order valence-electron chi connectivity index (χ4n) is 2.79. The van der Waals surface area contributed by atoms with E-state index in [0.717, 1.165) is 11.0 Å². The van der Waals surface area contributed by atoms with Crippen LogP contribution in [0.25, 0.3) is 16.9 Å². The van der Waals surface area contributed by atoms with Crippen molar-refractivity contribution in [1.29, 1.82) is 0 Å². The van der Waals surface area contributed by atoms with Gasteiger partial charge in [-0.3, -0.25) is 0 Å². The minimum atomic E-state index is -2.88. The van der Waals surface area contributed by atoms with E-state index in [1.165, 1.54) is 0 Å². The molecule has 1 aromatic carbocycles. The first-order valence-corrected chi connectivity index (χ1v) is 9.54. The van der Waals surface area contributed by atoms with Gasteiger partial charge in [0.1, 0.15) is 15.4 Å². The van der Waals surface area contributed by atoms with Gasteiger partial charge in [0.15, 0.2) is 5.82 Å². The van der Waals surface area contributed by atoms with Gasteiger partial charge in [0.2, 0.25) is 5.95 Å². The maximum absolute atomic E-state index is 11.5. The molecule has 1 saturated heterocycles. The Morgan fingerprint density at radius 3 is 2.75 bits per heavy atom. The summed E-state index contributed by atoms with van der Waals surface area (Å²) in [6, 6.07) is 9.47. The Hall–Kier alpha value is -2.55. The van der Waals surface area contributed by atoms with Crippen LogP contribution < -0.4 is 5.32 Å². The molecule has 124 valence electrons. The van der Waals surface area contributed by atoms with E-state index in [9.17, 15) is 8.42 Å². The molecule has 1 N–H and O–H groups in total. The third-order valence-electron chi connectivity index (χ3n) is 4.10. The van der Waals surface area contributed by atoms with Gasteiger partial charge in [-0.15, -0.1) is 5.10 Å². The van der Waals surface area contributed by atoms with Crippen molar-refractivity contribution >= 4 is 26.8 Å². The maximum atomic E-state index is 11.5. The number of hydrogen-bond donors (Lipinski definition) is 1. The van der Waals surface area contributed by atoms with Gasteiger partial charge >= 0.3 is 0 Å². The van der Waals surface area contributed by atoms with E-state index in [4.69, 9.17) is 0 Å². The summed E-state index contributed by atoms with van der Waals surface area (Å²) in [5, 5.41) is 11.5. The number of fused-ring (bicyclic) bond motifs is 1. The van der Waals surface area contributed by atoms with Crippen molar-refractivity contribution in [2.75, 3.05) is 16.8 Å². The Labute approximate surface area is 138 Å². The number of nitrogens with one attached hydrogen (secondary N) is 1. The van der Waals surface area contributed by atoms with Gasteiger partial charge in [0, 0.05) is 18.3 Å². The van der Waals surface area contributed by atoms with Crippen LogP contribution in [0, 0.1) is 0 Å². The molecule has 9 heteroatoms. The molecule has 0 amide bonds. The molecule has 0 bridgehead atoms. The smallest absolute Gasteiger partial charge is 0.224 e. The first kappa shape index (κ1) is 15.0. The van der Waals surface area contributed by atoms with Crippen LogP contribution in [0.15, 0.2) is 36.5 Å². The summed E-state index contributed by atoms with van der Waals surface area (Å²) in [4.78, 5) is 8.71. The molecule has 0 unspecified atom stereocenters. The molecule has 0 radical (unpaired) electrons. The minimum Gasteiger partial charge on any atom is -0.351 e. The monoisotopic (exact) mass is 344 g/mol. The van der Waals surface area contributed by atoms with E-state index in [-0.39, 0.29) is 17.5 Å². The third kappa shape index (κ3) is 2.94. The number of rotatable bonds is 3. The molecule has 1 fully saturated rings. The second-order valence-electron chi connectivity index (χ2n) is 5.80. The topological polar surface area (TPSA) is 103 Å². The predicted octanol–water partition coefficient (Wildman–Crippen LogP) is 1.20. The van der Waals surface area contributed by atoms with E-state index in [1.807, 2.05) is 24.3 Å². The highest BCUT2D eigenvalue weighted by Gasteiger charge is 2.24. The Kier molecular flexibility index (Phi) is 3.64. The Bertz CT molecular complexity index is 970. The van der Waals surface area contributed by atoms with Crippen molar-refractivity contribution in [2.45, 2.75) is 18.9 Å². The highest BCUT2D eigenvalue weighted by atomic mass is 32.2. The van der Waals surface area contributed by atoms with Crippen molar-refractivity contribution in [2.24, 2.45) is 0 Å². The van der Waals surface area contributed by atoms with Crippen LogP contribution in [0.3, 0.4) is 0 Å². The van der Waals surface area contributed by atoms with E-state index < -0.39 is 9.84 Å². The molecule has 2 aromatic heterocycles. The first-order valence-electron chi connectivity index (χ1n) is 7.72. The number of para-hydroxylation sites is 1. The average molecular weight is 344 g/mol. The van der Waals surface area contributed by atoms with E-state index >= 15 is 0 Å². The van der Waals surface area contributed by atoms with Gasteiger partial charge in [-0.25, -0.2) is 13.4 Å². The van der Waals surface area contributed by atoms with Crippen LogP contribution in [0.1, 0.15) is 12.8 Å². The second kappa shape index (κ2) is 5.82. The van der Waals surface area contributed by atoms with Gasteiger partial charge in [0.25, 0.3) is 0 Å². The fraction of sp³-hybridized carbons (Fsp3) is 0.333. The van der Waals surface area contributed by atoms with Crippen molar-refractivity contribution in [1.82, 2.24) is 25.0 Å².